The van der Waals surface area contributed by atoms with E-state index in [-0.39, 0.29) is 29.5 Å². The van der Waals surface area contributed by atoms with E-state index in [1.54, 1.807) is 6.07 Å². The summed E-state index contributed by atoms with van der Waals surface area (Å²) in [4.78, 5) is 0. The molecule has 0 bridgehead atoms. The van der Waals surface area contributed by atoms with E-state index >= 15 is 0 Å². The van der Waals surface area contributed by atoms with Crippen LogP contribution in [0.3, 0.4) is 0 Å². The van der Waals surface area contributed by atoms with Crippen LogP contribution in [0, 0.1) is 5.92 Å². The van der Waals surface area contributed by atoms with E-state index in [4.69, 9.17) is 10.2 Å². The molecule has 0 saturated carbocycles. The molecule has 5 nitrogen and oxygen atoms in total. The first-order chi connectivity index (χ1) is 7.51. The van der Waals surface area contributed by atoms with Gasteiger partial charge in [0.25, 0.3) is 10.0 Å². The van der Waals surface area contributed by atoms with Crippen molar-refractivity contribution in [2.45, 2.75) is 24.5 Å². The van der Waals surface area contributed by atoms with Crippen LogP contribution in [-0.2, 0) is 10.0 Å². The third-order valence-corrected chi connectivity index (χ3v) is 4.78. The number of hydrogen-bond acceptors (Lipinski definition) is 4. The molecule has 17 heavy (non-hydrogen) atoms. The lowest BCUT2D eigenvalue weighted by Crippen LogP contribution is -2.47. The van der Waals surface area contributed by atoms with Crippen LogP contribution in [0.5, 0.6) is 0 Å². The fraction of sp³-hybridized carbons (Fsp3) is 0.600. The third kappa shape index (κ3) is 2.82. The molecule has 2 heterocycles. The Labute approximate surface area is 107 Å². The van der Waals surface area contributed by atoms with Crippen LogP contribution in [0.15, 0.2) is 27.9 Å². The molecule has 0 aromatic carbocycles. The number of nitrogens with zero attached hydrogens (tertiary/aromatic N) is 1. The summed E-state index contributed by atoms with van der Waals surface area (Å²) in [5, 5.41) is 0.00942. The number of nitrogens with two attached hydrogens (primary N) is 1. The van der Waals surface area contributed by atoms with Crippen molar-refractivity contribution in [3.63, 3.8) is 0 Å². The van der Waals surface area contributed by atoms with Crippen LogP contribution in [0.2, 0.25) is 0 Å². The number of hydrogen-bond donors (Lipinski definition) is 1. The van der Waals surface area contributed by atoms with E-state index < -0.39 is 10.0 Å². The van der Waals surface area contributed by atoms with Gasteiger partial charge in [0.15, 0.2) is 0 Å². The van der Waals surface area contributed by atoms with E-state index in [0.717, 1.165) is 0 Å². The zero-order chi connectivity index (χ0) is 11.8. The molecule has 0 spiro atoms. The molecule has 0 amide bonds. The van der Waals surface area contributed by atoms with Gasteiger partial charge < -0.3 is 10.2 Å². The summed E-state index contributed by atoms with van der Waals surface area (Å²) in [5.74, 6) is 0.179. The van der Waals surface area contributed by atoms with E-state index in [0.29, 0.717) is 19.5 Å². The van der Waals surface area contributed by atoms with E-state index in [1.807, 2.05) is 6.92 Å². The number of piperidine rings is 1. The minimum absolute atomic E-state index is 0. The van der Waals surface area contributed by atoms with Crippen molar-refractivity contribution in [2.75, 3.05) is 13.1 Å². The monoisotopic (exact) mass is 280 g/mol. The summed E-state index contributed by atoms with van der Waals surface area (Å²) >= 11 is 0. The standard InChI is InChI=1S/C10H16N2O3S.ClH/c1-8-7-12(5-4-9(8)11)16(13,14)10-3-2-6-15-10;/h2-3,6,8-9H,4-5,7,11H2,1H3;1H. The predicted molar refractivity (Wildman–Crippen MR) is 66.5 cm³/mol. The molecule has 0 radical (unpaired) electrons. The molecule has 2 unspecified atom stereocenters. The predicted octanol–water partition coefficient (Wildman–Crippen LogP) is 1.06. The zero-order valence-electron chi connectivity index (χ0n) is 9.57. The van der Waals surface area contributed by atoms with Crippen molar-refractivity contribution in [3.05, 3.63) is 18.4 Å². The average Bonchev–Trinajstić information content (AvgIpc) is 2.75. The molecule has 0 aliphatic carbocycles. The van der Waals surface area contributed by atoms with Crippen molar-refractivity contribution >= 4 is 22.4 Å². The Morgan fingerprint density at radius 3 is 2.76 bits per heavy atom. The lowest BCUT2D eigenvalue weighted by atomic mass is 9.96. The van der Waals surface area contributed by atoms with Gasteiger partial charge in [-0.2, -0.15) is 4.31 Å². The summed E-state index contributed by atoms with van der Waals surface area (Å²) in [5.41, 5.74) is 5.86. The third-order valence-electron chi connectivity index (χ3n) is 3.02. The van der Waals surface area contributed by atoms with Crippen LogP contribution in [0.4, 0.5) is 0 Å². The molecule has 2 atom stereocenters. The van der Waals surface area contributed by atoms with Crippen molar-refractivity contribution in [3.8, 4) is 0 Å². The van der Waals surface area contributed by atoms with Crippen LogP contribution >= 0.6 is 12.4 Å². The van der Waals surface area contributed by atoms with Gasteiger partial charge in [-0.3, -0.25) is 0 Å². The molecule has 1 aromatic rings. The first-order valence-electron chi connectivity index (χ1n) is 5.31. The first kappa shape index (κ1) is 14.5. The minimum atomic E-state index is -3.46. The van der Waals surface area contributed by atoms with Gasteiger partial charge in [-0.25, -0.2) is 8.42 Å². The highest BCUT2D eigenvalue weighted by Gasteiger charge is 2.33. The Kier molecular flexibility index (Phi) is 4.60. The van der Waals surface area contributed by atoms with Crippen LogP contribution in [0.25, 0.3) is 0 Å². The quantitative estimate of drug-likeness (QED) is 0.879. The largest absolute Gasteiger partial charge is 0.452 e. The van der Waals surface area contributed by atoms with Gasteiger partial charge in [-0.05, 0) is 24.5 Å². The Morgan fingerprint density at radius 2 is 2.24 bits per heavy atom. The second-order valence-corrected chi connectivity index (χ2v) is 6.09. The van der Waals surface area contributed by atoms with Gasteiger partial charge in [-0.15, -0.1) is 12.4 Å². The fourth-order valence-electron chi connectivity index (χ4n) is 1.88. The maximum atomic E-state index is 12.1. The molecule has 2 rings (SSSR count). The number of sulfonamides is 1. The highest BCUT2D eigenvalue weighted by molar-refractivity contribution is 7.89. The maximum Gasteiger partial charge on any atom is 0.276 e. The second kappa shape index (κ2) is 5.39. The van der Waals surface area contributed by atoms with Crippen LogP contribution in [0.1, 0.15) is 13.3 Å². The molecular weight excluding hydrogens is 264 g/mol. The van der Waals surface area contributed by atoms with Crippen molar-refractivity contribution in [2.24, 2.45) is 11.7 Å². The minimum Gasteiger partial charge on any atom is -0.452 e. The first-order valence-corrected chi connectivity index (χ1v) is 6.75. The van der Waals surface area contributed by atoms with Crippen LogP contribution < -0.4 is 5.73 Å². The molecule has 1 aromatic heterocycles. The average molecular weight is 281 g/mol. The molecule has 1 fully saturated rings. The van der Waals surface area contributed by atoms with Gasteiger partial charge in [-0.1, -0.05) is 6.92 Å². The molecule has 7 heteroatoms. The van der Waals surface area contributed by atoms with Gasteiger partial charge in [0, 0.05) is 19.1 Å². The topological polar surface area (TPSA) is 76.5 Å². The molecule has 1 aliphatic heterocycles. The molecule has 98 valence electrons. The van der Waals surface area contributed by atoms with Gasteiger partial charge >= 0.3 is 0 Å². The summed E-state index contributed by atoms with van der Waals surface area (Å²) in [7, 11) is -3.46. The molecular formula is C10H17ClN2O3S. The zero-order valence-corrected chi connectivity index (χ0v) is 11.2. The smallest absolute Gasteiger partial charge is 0.276 e. The lowest BCUT2D eigenvalue weighted by Gasteiger charge is -2.33. The Balaban J connectivity index is 0.00000144. The number of rotatable bonds is 2. The molecule has 1 aliphatic rings. The molecule has 1 saturated heterocycles. The van der Waals surface area contributed by atoms with Crippen molar-refractivity contribution < 1.29 is 12.8 Å². The van der Waals surface area contributed by atoms with E-state index in [9.17, 15) is 8.42 Å². The molecule has 2 N–H and O–H groups in total. The Morgan fingerprint density at radius 1 is 1.53 bits per heavy atom. The Hall–Kier alpha value is -0.560. The highest BCUT2D eigenvalue weighted by Crippen LogP contribution is 2.22. The second-order valence-electron chi connectivity index (χ2n) is 4.22. The van der Waals surface area contributed by atoms with E-state index in [2.05, 4.69) is 0 Å². The SMILES string of the molecule is CC1CN(S(=O)(=O)c2ccco2)CCC1N.Cl. The van der Waals surface area contributed by atoms with Gasteiger partial charge in [0.2, 0.25) is 5.09 Å². The maximum absolute atomic E-state index is 12.1. The fourth-order valence-corrected chi connectivity index (χ4v) is 3.34. The van der Waals surface area contributed by atoms with Gasteiger partial charge in [0.1, 0.15) is 0 Å². The summed E-state index contributed by atoms with van der Waals surface area (Å²) < 4.78 is 30.6. The summed E-state index contributed by atoms with van der Waals surface area (Å²) in [6.07, 6.45) is 2.06. The lowest BCUT2D eigenvalue weighted by molar-refractivity contribution is 0.245. The summed E-state index contributed by atoms with van der Waals surface area (Å²) in [6, 6.07) is 3.13. The normalized spacial score (nSPS) is 26.5. The Bertz CT molecular complexity index is 446. The highest BCUT2D eigenvalue weighted by atomic mass is 35.5. The van der Waals surface area contributed by atoms with Gasteiger partial charge in [0.05, 0.1) is 6.26 Å². The number of furan rings is 1. The summed E-state index contributed by atoms with van der Waals surface area (Å²) in [6.45, 7) is 2.90. The number of halogens is 1. The van der Waals surface area contributed by atoms with Crippen LogP contribution in [-0.4, -0.2) is 31.9 Å². The van der Waals surface area contributed by atoms with Crippen molar-refractivity contribution in [1.82, 2.24) is 4.31 Å². The van der Waals surface area contributed by atoms with Crippen molar-refractivity contribution in [1.29, 1.82) is 0 Å². The van der Waals surface area contributed by atoms with E-state index in [1.165, 1.54) is 16.6 Å².